The number of piperazine rings is 1. The lowest BCUT2D eigenvalue weighted by atomic mass is 10.2. The van der Waals surface area contributed by atoms with Gasteiger partial charge in [-0.3, -0.25) is 0 Å². The molecule has 1 aliphatic heterocycles. The van der Waals surface area contributed by atoms with Crippen molar-refractivity contribution in [3.63, 3.8) is 0 Å². The van der Waals surface area contributed by atoms with Crippen LogP contribution in [0.4, 0.5) is 11.5 Å². The van der Waals surface area contributed by atoms with Crippen LogP contribution in [0.2, 0.25) is 0 Å². The molecule has 0 bridgehead atoms. The van der Waals surface area contributed by atoms with Crippen LogP contribution in [0.1, 0.15) is 0 Å². The molecule has 2 heterocycles. The fourth-order valence-electron chi connectivity index (χ4n) is 2.40. The summed E-state index contributed by atoms with van der Waals surface area (Å²) in [6.45, 7) is 3.89. The largest absolute Gasteiger partial charge is 0.508 e. The molecule has 19 heavy (non-hydrogen) atoms. The lowest BCUT2D eigenvalue weighted by Gasteiger charge is -2.36. The summed E-state index contributed by atoms with van der Waals surface area (Å²) in [5.74, 6) is 1.36. The van der Waals surface area contributed by atoms with Crippen LogP contribution < -0.4 is 9.80 Å². The van der Waals surface area contributed by atoms with Gasteiger partial charge < -0.3 is 14.9 Å². The number of aromatic hydroxyl groups is 1. The predicted octanol–water partition coefficient (Wildman–Crippen LogP) is 2.11. The number of phenolic OH excluding ortho intramolecular Hbond substituents is 1. The van der Waals surface area contributed by atoms with Crippen LogP contribution >= 0.6 is 0 Å². The minimum absolute atomic E-state index is 0.316. The number of phenols is 1. The molecule has 0 atom stereocenters. The molecule has 98 valence electrons. The standard InChI is InChI=1S/C15H17N3O/c19-14-6-4-13(5-7-14)17-9-11-18(12-10-17)15-3-1-2-8-16-15/h1-8,19H,9-12H2. The highest BCUT2D eigenvalue weighted by atomic mass is 16.3. The number of hydrogen-bond acceptors (Lipinski definition) is 4. The summed E-state index contributed by atoms with van der Waals surface area (Å²) in [5, 5.41) is 9.31. The first kappa shape index (κ1) is 11.8. The molecule has 0 unspecified atom stereocenters. The van der Waals surface area contributed by atoms with E-state index in [4.69, 9.17) is 0 Å². The van der Waals surface area contributed by atoms with E-state index in [1.54, 1.807) is 12.1 Å². The molecule has 0 spiro atoms. The van der Waals surface area contributed by atoms with Crippen molar-refractivity contribution in [2.75, 3.05) is 36.0 Å². The zero-order chi connectivity index (χ0) is 13.1. The summed E-state index contributed by atoms with van der Waals surface area (Å²) >= 11 is 0. The third kappa shape index (κ3) is 2.62. The lowest BCUT2D eigenvalue weighted by molar-refractivity contribution is 0.475. The van der Waals surface area contributed by atoms with E-state index in [1.807, 2.05) is 30.5 Å². The van der Waals surface area contributed by atoms with Crippen LogP contribution in [0.15, 0.2) is 48.7 Å². The average Bonchev–Trinajstić information content (AvgIpc) is 2.49. The Kier molecular flexibility index (Phi) is 3.23. The topological polar surface area (TPSA) is 39.6 Å². The third-order valence-corrected chi connectivity index (χ3v) is 3.47. The Labute approximate surface area is 112 Å². The number of rotatable bonds is 2. The van der Waals surface area contributed by atoms with Gasteiger partial charge in [0.25, 0.3) is 0 Å². The van der Waals surface area contributed by atoms with Gasteiger partial charge in [0.1, 0.15) is 11.6 Å². The minimum Gasteiger partial charge on any atom is -0.508 e. The van der Waals surface area contributed by atoms with E-state index in [0.717, 1.165) is 32.0 Å². The van der Waals surface area contributed by atoms with Gasteiger partial charge >= 0.3 is 0 Å². The molecule has 1 aromatic heterocycles. The van der Waals surface area contributed by atoms with Gasteiger partial charge in [-0.15, -0.1) is 0 Å². The van der Waals surface area contributed by atoms with E-state index in [9.17, 15) is 5.11 Å². The van der Waals surface area contributed by atoms with E-state index in [2.05, 4.69) is 20.9 Å². The highest BCUT2D eigenvalue weighted by Crippen LogP contribution is 2.21. The molecule has 2 aromatic rings. The second-order valence-electron chi connectivity index (χ2n) is 4.68. The van der Waals surface area contributed by atoms with Crippen molar-refractivity contribution >= 4 is 11.5 Å². The molecule has 0 radical (unpaired) electrons. The molecule has 1 fully saturated rings. The molecule has 1 saturated heterocycles. The number of hydrogen-bond donors (Lipinski definition) is 1. The van der Waals surface area contributed by atoms with E-state index < -0.39 is 0 Å². The lowest BCUT2D eigenvalue weighted by Crippen LogP contribution is -2.46. The molecule has 0 aliphatic carbocycles. The summed E-state index contributed by atoms with van der Waals surface area (Å²) < 4.78 is 0. The first-order valence-electron chi connectivity index (χ1n) is 6.53. The Morgan fingerprint density at radius 1 is 0.842 bits per heavy atom. The number of aromatic nitrogens is 1. The number of benzene rings is 1. The maximum absolute atomic E-state index is 9.31. The van der Waals surface area contributed by atoms with E-state index in [1.165, 1.54) is 5.69 Å². The number of nitrogens with zero attached hydrogens (tertiary/aromatic N) is 3. The molecule has 0 saturated carbocycles. The molecule has 0 amide bonds. The Bertz CT molecular complexity index is 519. The Morgan fingerprint density at radius 2 is 1.53 bits per heavy atom. The first-order chi connectivity index (χ1) is 9.33. The second-order valence-corrected chi connectivity index (χ2v) is 4.68. The van der Waals surface area contributed by atoms with Gasteiger partial charge in [-0.25, -0.2) is 4.98 Å². The Hall–Kier alpha value is -2.23. The van der Waals surface area contributed by atoms with Crippen LogP contribution in [0.3, 0.4) is 0 Å². The summed E-state index contributed by atoms with van der Waals surface area (Å²) in [6.07, 6.45) is 1.84. The van der Waals surface area contributed by atoms with Crippen molar-refractivity contribution in [3.8, 4) is 5.75 Å². The monoisotopic (exact) mass is 255 g/mol. The fraction of sp³-hybridized carbons (Fsp3) is 0.267. The predicted molar refractivity (Wildman–Crippen MR) is 76.8 cm³/mol. The summed E-state index contributed by atoms with van der Waals surface area (Å²) in [5.41, 5.74) is 1.17. The van der Waals surface area contributed by atoms with E-state index in [0.29, 0.717) is 5.75 Å². The molecule has 3 rings (SSSR count). The van der Waals surface area contributed by atoms with Crippen molar-refractivity contribution in [2.45, 2.75) is 0 Å². The zero-order valence-electron chi connectivity index (χ0n) is 10.7. The first-order valence-corrected chi connectivity index (χ1v) is 6.53. The van der Waals surface area contributed by atoms with Gasteiger partial charge in [-0.1, -0.05) is 6.07 Å². The Balaban J connectivity index is 1.65. The third-order valence-electron chi connectivity index (χ3n) is 3.47. The zero-order valence-corrected chi connectivity index (χ0v) is 10.7. The fourth-order valence-corrected chi connectivity index (χ4v) is 2.40. The molecule has 1 aromatic carbocycles. The smallest absolute Gasteiger partial charge is 0.128 e. The second kappa shape index (κ2) is 5.18. The van der Waals surface area contributed by atoms with Crippen LogP contribution in [0.25, 0.3) is 0 Å². The van der Waals surface area contributed by atoms with E-state index >= 15 is 0 Å². The summed E-state index contributed by atoms with van der Waals surface area (Å²) in [4.78, 5) is 9.02. The van der Waals surface area contributed by atoms with Gasteiger partial charge in [0.2, 0.25) is 0 Å². The van der Waals surface area contributed by atoms with Crippen molar-refractivity contribution in [3.05, 3.63) is 48.7 Å². The van der Waals surface area contributed by atoms with Crippen molar-refractivity contribution in [1.29, 1.82) is 0 Å². The molecule has 4 nitrogen and oxygen atoms in total. The molecule has 1 N–H and O–H groups in total. The summed E-state index contributed by atoms with van der Waals surface area (Å²) in [7, 11) is 0. The maximum atomic E-state index is 9.31. The maximum Gasteiger partial charge on any atom is 0.128 e. The van der Waals surface area contributed by atoms with Gasteiger partial charge in [0, 0.05) is 38.1 Å². The van der Waals surface area contributed by atoms with Crippen molar-refractivity contribution in [1.82, 2.24) is 4.98 Å². The highest BCUT2D eigenvalue weighted by Gasteiger charge is 2.17. The molecular formula is C15H17N3O. The van der Waals surface area contributed by atoms with Gasteiger partial charge in [-0.2, -0.15) is 0 Å². The van der Waals surface area contributed by atoms with Crippen LogP contribution in [-0.4, -0.2) is 36.3 Å². The van der Waals surface area contributed by atoms with Crippen LogP contribution in [-0.2, 0) is 0 Å². The van der Waals surface area contributed by atoms with Gasteiger partial charge in [0.15, 0.2) is 0 Å². The highest BCUT2D eigenvalue weighted by molar-refractivity contribution is 5.51. The van der Waals surface area contributed by atoms with Gasteiger partial charge in [-0.05, 0) is 36.4 Å². The van der Waals surface area contributed by atoms with Crippen molar-refractivity contribution < 1.29 is 5.11 Å². The average molecular weight is 255 g/mol. The number of anilines is 2. The molecule has 4 heteroatoms. The summed E-state index contributed by atoms with van der Waals surface area (Å²) in [6, 6.07) is 13.4. The minimum atomic E-state index is 0.316. The van der Waals surface area contributed by atoms with Crippen molar-refractivity contribution in [2.24, 2.45) is 0 Å². The number of pyridine rings is 1. The molecular weight excluding hydrogens is 238 g/mol. The SMILES string of the molecule is Oc1ccc(N2CCN(c3ccccn3)CC2)cc1. The molecule has 1 aliphatic rings. The van der Waals surface area contributed by atoms with Crippen LogP contribution in [0.5, 0.6) is 5.75 Å². The quantitative estimate of drug-likeness (QED) is 0.892. The van der Waals surface area contributed by atoms with Gasteiger partial charge in [0.05, 0.1) is 0 Å². The van der Waals surface area contributed by atoms with Crippen LogP contribution in [0, 0.1) is 0 Å². The Morgan fingerprint density at radius 3 is 2.16 bits per heavy atom. The van der Waals surface area contributed by atoms with E-state index in [-0.39, 0.29) is 0 Å². The normalized spacial score (nSPS) is 15.6.